The summed E-state index contributed by atoms with van der Waals surface area (Å²) in [5.74, 6) is 1.13. The number of para-hydroxylation sites is 1. The van der Waals surface area contributed by atoms with Crippen molar-refractivity contribution in [3.8, 4) is 5.75 Å². The summed E-state index contributed by atoms with van der Waals surface area (Å²) in [6, 6.07) is 14.5. The Morgan fingerprint density at radius 3 is 2.45 bits per heavy atom. The lowest BCUT2D eigenvalue weighted by molar-refractivity contribution is 0.278. The third-order valence-corrected chi connectivity index (χ3v) is 3.11. The van der Waals surface area contributed by atoms with Crippen molar-refractivity contribution in [2.24, 2.45) is 0 Å². The normalized spacial score (nSPS) is 10.8. The molecule has 106 valence electrons. The minimum atomic E-state index is -0.212. The van der Waals surface area contributed by atoms with E-state index in [0.29, 0.717) is 19.2 Å². The molecule has 0 spiro atoms. The van der Waals surface area contributed by atoms with Crippen LogP contribution in [0.25, 0.3) is 0 Å². The molecule has 0 saturated heterocycles. The number of rotatable bonds is 6. The first-order valence-corrected chi connectivity index (χ1v) is 6.83. The van der Waals surface area contributed by atoms with Gasteiger partial charge in [0.25, 0.3) is 0 Å². The molecule has 0 aliphatic rings. The number of nitrogens with one attached hydrogen (secondary N) is 1. The summed E-state index contributed by atoms with van der Waals surface area (Å²) in [4.78, 5) is 0. The molecule has 0 radical (unpaired) electrons. The van der Waals surface area contributed by atoms with Crippen LogP contribution in [0.2, 0.25) is 0 Å². The maximum Gasteiger partial charge on any atom is 0.139 e. The van der Waals surface area contributed by atoms with Gasteiger partial charge in [-0.25, -0.2) is 4.39 Å². The van der Waals surface area contributed by atoms with Crippen LogP contribution in [-0.2, 0) is 6.54 Å². The SMILES string of the molecule is CC(C)c1ccccc1OCNCc1ccc(F)cc1. The predicted molar refractivity (Wildman–Crippen MR) is 79.3 cm³/mol. The zero-order valence-corrected chi connectivity index (χ0v) is 11.9. The molecule has 3 heteroatoms. The molecule has 0 heterocycles. The third-order valence-electron chi connectivity index (χ3n) is 3.11. The molecule has 0 atom stereocenters. The van der Waals surface area contributed by atoms with E-state index in [1.807, 2.05) is 18.2 Å². The molecule has 1 N–H and O–H groups in total. The highest BCUT2D eigenvalue weighted by atomic mass is 19.1. The van der Waals surface area contributed by atoms with Crippen LogP contribution >= 0.6 is 0 Å². The summed E-state index contributed by atoms with van der Waals surface area (Å²) < 4.78 is 18.5. The van der Waals surface area contributed by atoms with Crippen LogP contribution in [0.4, 0.5) is 4.39 Å². The van der Waals surface area contributed by atoms with Crippen LogP contribution in [0.15, 0.2) is 48.5 Å². The average Bonchev–Trinajstić information content (AvgIpc) is 2.46. The van der Waals surface area contributed by atoms with Gasteiger partial charge in [0, 0.05) is 6.54 Å². The van der Waals surface area contributed by atoms with Gasteiger partial charge in [-0.3, -0.25) is 5.32 Å². The van der Waals surface area contributed by atoms with Crippen LogP contribution in [-0.4, -0.2) is 6.73 Å². The van der Waals surface area contributed by atoms with Crippen molar-refractivity contribution in [3.63, 3.8) is 0 Å². The van der Waals surface area contributed by atoms with Crippen molar-refractivity contribution in [1.29, 1.82) is 0 Å². The monoisotopic (exact) mass is 273 g/mol. The molecular weight excluding hydrogens is 253 g/mol. The zero-order chi connectivity index (χ0) is 14.4. The first-order valence-electron chi connectivity index (χ1n) is 6.83. The Morgan fingerprint density at radius 1 is 1.05 bits per heavy atom. The summed E-state index contributed by atoms with van der Waals surface area (Å²) in [6.07, 6.45) is 0. The van der Waals surface area contributed by atoms with E-state index in [9.17, 15) is 4.39 Å². The smallest absolute Gasteiger partial charge is 0.139 e. The first kappa shape index (κ1) is 14.5. The second kappa shape index (κ2) is 7.06. The minimum Gasteiger partial charge on any atom is -0.478 e. The molecule has 20 heavy (non-hydrogen) atoms. The number of ether oxygens (including phenoxy) is 1. The van der Waals surface area contributed by atoms with Gasteiger partial charge in [-0.1, -0.05) is 44.2 Å². The maximum absolute atomic E-state index is 12.8. The third kappa shape index (κ3) is 4.07. The van der Waals surface area contributed by atoms with Gasteiger partial charge in [-0.05, 0) is 35.2 Å². The Bertz CT molecular complexity index is 537. The second-order valence-electron chi connectivity index (χ2n) is 5.03. The standard InChI is InChI=1S/C17H20FNO/c1-13(2)16-5-3-4-6-17(16)20-12-19-11-14-7-9-15(18)10-8-14/h3-10,13,19H,11-12H2,1-2H3. The maximum atomic E-state index is 12.8. The molecule has 2 aromatic carbocycles. The number of benzene rings is 2. The highest BCUT2D eigenvalue weighted by molar-refractivity contribution is 5.35. The van der Waals surface area contributed by atoms with E-state index in [2.05, 4.69) is 25.2 Å². The van der Waals surface area contributed by atoms with Crippen LogP contribution < -0.4 is 10.1 Å². The van der Waals surface area contributed by atoms with Crippen molar-refractivity contribution < 1.29 is 9.13 Å². The lowest BCUT2D eigenvalue weighted by atomic mass is 10.0. The van der Waals surface area contributed by atoms with Gasteiger partial charge in [0.15, 0.2) is 0 Å². The van der Waals surface area contributed by atoms with E-state index in [4.69, 9.17) is 4.74 Å². The van der Waals surface area contributed by atoms with Crippen molar-refractivity contribution in [2.75, 3.05) is 6.73 Å². The number of hydrogen-bond acceptors (Lipinski definition) is 2. The average molecular weight is 273 g/mol. The van der Waals surface area contributed by atoms with Gasteiger partial charge < -0.3 is 4.74 Å². The van der Waals surface area contributed by atoms with Gasteiger partial charge in [0.05, 0.1) is 0 Å². The highest BCUT2D eigenvalue weighted by Crippen LogP contribution is 2.25. The van der Waals surface area contributed by atoms with Gasteiger partial charge in [-0.15, -0.1) is 0 Å². The predicted octanol–water partition coefficient (Wildman–Crippen LogP) is 4.08. The Hall–Kier alpha value is -1.87. The molecule has 0 bridgehead atoms. The fourth-order valence-corrected chi connectivity index (χ4v) is 2.02. The zero-order valence-electron chi connectivity index (χ0n) is 11.9. The molecule has 2 aromatic rings. The summed E-state index contributed by atoms with van der Waals surface area (Å²) in [5, 5.41) is 3.19. The van der Waals surface area contributed by atoms with Gasteiger partial charge in [-0.2, -0.15) is 0 Å². The van der Waals surface area contributed by atoms with E-state index >= 15 is 0 Å². The summed E-state index contributed by atoms with van der Waals surface area (Å²) >= 11 is 0. The molecule has 0 saturated carbocycles. The second-order valence-corrected chi connectivity index (χ2v) is 5.03. The van der Waals surface area contributed by atoms with E-state index in [-0.39, 0.29) is 5.82 Å². The topological polar surface area (TPSA) is 21.3 Å². The highest BCUT2D eigenvalue weighted by Gasteiger charge is 2.06. The lowest BCUT2D eigenvalue weighted by Crippen LogP contribution is -2.20. The van der Waals surface area contributed by atoms with Gasteiger partial charge in [0.2, 0.25) is 0 Å². The first-order chi connectivity index (χ1) is 9.66. The minimum absolute atomic E-state index is 0.212. The Morgan fingerprint density at radius 2 is 1.75 bits per heavy atom. The van der Waals surface area contributed by atoms with Gasteiger partial charge >= 0.3 is 0 Å². The number of halogens is 1. The molecule has 0 aromatic heterocycles. The fourth-order valence-electron chi connectivity index (χ4n) is 2.02. The molecule has 0 fully saturated rings. The Kier molecular flexibility index (Phi) is 5.13. The van der Waals surface area contributed by atoms with Crippen LogP contribution in [0.1, 0.15) is 30.9 Å². The van der Waals surface area contributed by atoms with E-state index in [0.717, 1.165) is 11.3 Å². The van der Waals surface area contributed by atoms with Crippen molar-refractivity contribution in [3.05, 3.63) is 65.5 Å². The fraction of sp³-hybridized carbons (Fsp3) is 0.294. The molecule has 0 aliphatic carbocycles. The molecule has 0 amide bonds. The van der Waals surface area contributed by atoms with Crippen molar-refractivity contribution in [1.82, 2.24) is 5.32 Å². The van der Waals surface area contributed by atoms with Crippen molar-refractivity contribution >= 4 is 0 Å². The molecule has 0 unspecified atom stereocenters. The van der Waals surface area contributed by atoms with E-state index < -0.39 is 0 Å². The lowest BCUT2D eigenvalue weighted by Gasteiger charge is -2.14. The summed E-state index contributed by atoms with van der Waals surface area (Å²) in [6.45, 7) is 5.38. The van der Waals surface area contributed by atoms with Crippen LogP contribution in [0.5, 0.6) is 5.75 Å². The molecule has 2 rings (SSSR count). The van der Waals surface area contributed by atoms with Crippen molar-refractivity contribution in [2.45, 2.75) is 26.3 Å². The molecule has 2 nitrogen and oxygen atoms in total. The Balaban J connectivity index is 1.83. The van der Waals surface area contributed by atoms with Crippen LogP contribution in [0.3, 0.4) is 0 Å². The summed E-state index contributed by atoms with van der Waals surface area (Å²) in [7, 11) is 0. The molecular formula is C17H20FNO. The van der Waals surface area contributed by atoms with Gasteiger partial charge in [0.1, 0.15) is 18.3 Å². The Labute approximate surface area is 119 Å². The molecule has 0 aliphatic heterocycles. The van der Waals surface area contributed by atoms with E-state index in [1.54, 1.807) is 12.1 Å². The van der Waals surface area contributed by atoms with Crippen LogP contribution in [0, 0.1) is 5.82 Å². The largest absolute Gasteiger partial charge is 0.478 e. The number of hydrogen-bond donors (Lipinski definition) is 1. The quantitative estimate of drug-likeness (QED) is 0.632. The van der Waals surface area contributed by atoms with E-state index in [1.165, 1.54) is 17.7 Å². The summed E-state index contributed by atoms with van der Waals surface area (Å²) in [5.41, 5.74) is 2.24.